The van der Waals surface area contributed by atoms with Crippen LogP contribution >= 0.6 is 11.3 Å². The van der Waals surface area contributed by atoms with E-state index in [1.54, 1.807) is 12.1 Å². The minimum atomic E-state index is -4.77. The van der Waals surface area contributed by atoms with Gasteiger partial charge in [-0.05, 0) is 23.6 Å². The summed E-state index contributed by atoms with van der Waals surface area (Å²) in [7, 11) is 1.28. The zero-order valence-electron chi connectivity index (χ0n) is 10.8. The lowest BCUT2D eigenvalue weighted by atomic mass is 10.0. The molecule has 1 aliphatic rings. The van der Waals surface area contributed by atoms with Crippen LogP contribution in [0.3, 0.4) is 0 Å². The van der Waals surface area contributed by atoms with Gasteiger partial charge in [-0.1, -0.05) is 18.2 Å². The van der Waals surface area contributed by atoms with E-state index in [1.807, 2.05) is 0 Å². The zero-order chi connectivity index (χ0) is 15.3. The van der Waals surface area contributed by atoms with E-state index in [2.05, 4.69) is 0 Å². The summed E-state index contributed by atoms with van der Waals surface area (Å²) in [6, 6.07) is 8.90. The van der Waals surface area contributed by atoms with Crippen LogP contribution in [0, 0.1) is 0 Å². The number of fused-ring (bicyclic) bond motifs is 1. The van der Waals surface area contributed by atoms with Gasteiger partial charge in [0.25, 0.3) is 0 Å². The van der Waals surface area contributed by atoms with E-state index < -0.39 is 17.9 Å². The molecule has 0 saturated heterocycles. The minimum Gasteiger partial charge on any atom is -0.420 e. The predicted molar refractivity (Wildman–Crippen MR) is 72.3 cm³/mol. The quantitative estimate of drug-likeness (QED) is 0.751. The normalized spacial score (nSPS) is 21.9. The number of benzene rings is 1. The van der Waals surface area contributed by atoms with Gasteiger partial charge >= 0.3 is 17.9 Å². The number of thiophene rings is 1. The highest BCUT2D eigenvalue weighted by Gasteiger charge is 2.65. The number of para-hydroxylation sites is 1. The molecule has 0 aliphatic carbocycles. The summed E-state index contributed by atoms with van der Waals surface area (Å²) in [6.45, 7) is 0. The molecular formula is C14H10F3NO2S. The van der Waals surface area contributed by atoms with Crippen LogP contribution in [0.4, 0.5) is 18.9 Å². The van der Waals surface area contributed by atoms with Crippen molar-refractivity contribution in [1.82, 2.24) is 0 Å². The van der Waals surface area contributed by atoms with Crippen LogP contribution in [0.25, 0.3) is 0 Å². The molecule has 3 rings (SSSR count). The number of hydrogen-bond donors (Lipinski definition) is 0. The van der Waals surface area contributed by atoms with E-state index in [1.165, 1.54) is 36.7 Å². The minimum absolute atomic E-state index is 0.0830. The third-order valence-corrected chi connectivity index (χ3v) is 4.40. The van der Waals surface area contributed by atoms with Crippen molar-refractivity contribution < 1.29 is 22.7 Å². The summed E-state index contributed by atoms with van der Waals surface area (Å²) < 4.78 is 46.2. The highest BCUT2D eigenvalue weighted by molar-refractivity contribution is 7.10. The van der Waals surface area contributed by atoms with Crippen LogP contribution in [0.15, 0.2) is 41.8 Å². The van der Waals surface area contributed by atoms with Crippen LogP contribution < -0.4 is 4.90 Å². The maximum atomic E-state index is 13.8. The molecule has 1 aliphatic heterocycles. The van der Waals surface area contributed by atoms with Gasteiger partial charge in [0.2, 0.25) is 0 Å². The number of halogens is 3. The molecule has 3 nitrogen and oxygen atoms in total. The van der Waals surface area contributed by atoms with Gasteiger partial charge in [0, 0.05) is 7.05 Å². The van der Waals surface area contributed by atoms with Gasteiger partial charge in [-0.15, -0.1) is 11.3 Å². The van der Waals surface area contributed by atoms with E-state index >= 15 is 0 Å². The van der Waals surface area contributed by atoms with Crippen molar-refractivity contribution in [3.05, 3.63) is 52.2 Å². The highest BCUT2D eigenvalue weighted by Crippen LogP contribution is 2.51. The summed E-state index contributed by atoms with van der Waals surface area (Å²) in [5.74, 6) is -0.977. The maximum Gasteiger partial charge on any atom is 0.454 e. The fraction of sp³-hybridized carbons (Fsp3) is 0.214. The van der Waals surface area contributed by atoms with Crippen molar-refractivity contribution in [2.75, 3.05) is 11.9 Å². The molecule has 21 heavy (non-hydrogen) atoms. The van der Waals surface area contributed by atoms with Gasteiger partial charge in [-0.25, -0.2) is 4.79 Å². The van der Waals surface area contributed by atoms with Gasteiger partial charge in [-0.2, -0.15) is 13.2 Å². The van der Waals surface area contributed by atoms with Gasteiger partial charge in [0.05, 0.1) is 16.1 Å². The monoisotopic (exact) mass is 313 g/mol. The van der Waals surface area contributed by atoms with Crippen molar-refractivity contribution >= 4 is 23.0 Å². The van der Waals surface area contributed by atoms with Crippen LogP contribution in [-0.2, 0) is 10.5 Å². The van der Waals surface area contributed by atoms with Crippen molar-refractivity contribution in [3.63, 3.8) is 0 Å². The van der Waals surface area contributed by atoms with E-state index in [4.69, 9.17) is 4.74 Å². The standard InChI is InChI=1S/C14H10F3NO2S/c1-18-10-6-3-2-5-9(10)12(19)20-13(18,14(15,16)17)11-7-4-8-21-11/h2-8H,1H3/t13-/m0/s1. The first kappa shape index (κ1) is 13.9. The molecule has 0 bridgehead atoms. The second-order valence-corrected chi connectivity index (χ2v) is 5.53. The molecule has 7 heteroatoms. The molecule has 110 valence electrons. The molecule has 2 aromatic rings. The Labute approximate surface area is 122 Å². The molecule has 0 unspecified atom stereocenters. The lowest BCUT2D eigenvalue weighted by Gasteiger charge is -2.45. The lowest BCUT2D eigenvalue weighted by Crippen LogP contribution is -2.59. The third kappa shape index (κ3) is 1.84. The summed E-state index contributed by atoms with van der Waals surface area (Å²) in [4.78, 5) is 12.9. The number of cyclic esters (lactones) is 1. The number of carbonyl (C=O) groups excluding carboxylic acids is 1. The number of ether oxygens (including phenoxy) is 1. The maximum absolute atomic E-state index is 13.8. The molecular weight excluding hydrogens is 303 g/mol. The Hall–Kier alpha value is -2.02. The van der Waals surface area contributed by atoms with Gasteiger partial charge in [0.1, 0.15) is 0 Å². The Morgan fingerprint density at radius 2 is 1.90 bits per heavy atom. The molecule has 0 fully saturated rings. The smallest absolute Gasteiger partial charge is 0.420 e. The van der Waals surface area contributed by atoms with Crippen LogP contribution in [0.2, 0.25) is 0 Å². The SMILES string of the molecule is CN1c2ccccc2C(=O)O[C@@]1(c1cccs1)C(F)(F)F. The van der Waals surface area contributed by atoms with Crippen LogP contribution in [0.1, 0.15) is 15.2 Å². The van der Waals surface area contributed by atoms with Crippen LogP contribution in [-0.4, -0.2) is 19.2 Å². The predicted octanol–water partition coefficient (Wildman–Crippen LogP) is 3.77. The Morgan fingerprint density at radius 1 is 1.19 bits per heavy atom. The summed E-state index contributed by atoms with van der Waals surface area (Å²) in [6.07, 6.45) is -4.77. The highest BCUT2D eigenvalue weighted by atomic mass is 32.1. The summed E-state index contributed by atoms with van der Waals surface area (Å²) in [5, 5.41) is 1.52. The van der Waals surface area contributed by atoms with Gasteiger partial charge < -0.3 is 9.64 Å². The fourth-order valence-electron chi connectivity index (χ4n) is 2.44. The third-order valence-electron chi connectivity index (χ3n) is 3.44. The zero-order valence-corrected chi connectivity index (χ0v) is 11.7. The molecule has 0 radical (unpaired) electrons. The van der Waals surface area contributed by atoms with Gasteiger partial charge in [0.15, 0.2) is 0 Å². The topological polar surface area (TPSA) is 29.5 Å². The van der Waals surface area contributed by atoms with Crippen molar-refractivity contribution in [2.24, 2.45) is 0 Å². The molecule has 2 heterocycles. The molecule has 0 N–H and O–H groups in total. The van der Waals surface area contributed by atoms with Crippen molar-refractivity contribution in [1.29, 1.82) is 0 Å². The van der Waals surface area contributed by atoms with Crippen molar-refractivity contribution in [3.8, 4) is 0 Å². The van der Waals surface area contributed by atoms with E-state index in [0.29, 0.717) is 0 Å². The molecule has 1 aromatic carbocycles. The molecule has 0 saturated carbocycles. The number of esters is 1. The Bertz CT molecular complexity index is 684. The second kappa shape index (κ2) is 4.49. The first-order valence-corrected chi connectivity index (χ1v) is 6.93. The number of carbonyl (C=O) groups is 1. The van der Waals surface area contributed by atoms with E-state index in [-0.39, 0.29) is 16.1 Å². The number of rotatable bonds is 1. The van der Waals surface area contributed by atoms with E-state index in [0.717, 1.165) is 16.2 Å². The average molecular weight is 313 g/mol. The Morgan fingerprint density at radius 3 is 2.52 bits per heavy atom. The van der Waals surface area contributed by atoms with Gasteiger partial charge in [-0.3, -0.25) is 0 Å². The van der Waals surface area contributed by atoms with Crippen LogP contribution in [0.5, 0.6) is 0 Å². The summed E-state index contributed by atoms with van der Waals surface area (Å²) in [5.41, 5.74) is -2.47. The molecule has 1 atom stereocenters. The number of hydrogen-bond acceptors (Lipinski definition) is 4. The lowest BCUT2D eigenvalue weighted by molar-refractivity contribution is -0.264. The molecule has 0 spiro atoms. The Balaban J connectivity index is 2.27. The number of nitrogens with zero attached hydrogens (tertiary/aromatic N) is 1. The summed E-state index contributed by atoms with van der Waals surface area (Å²) >= 11 is 0.897. The number of alkyl halides is 3. The number of anilines is 1. The molecule has 1 aromatic heterocycles. The average Bonchev–Trinajstić information content (AvgIpc) is 2.96. The Kier molecular flexibility index (Phi) is 2.98. The first-order chi connectivity index (χ1) is 9.88. The first-order valence-electron chi connectivity index (χ1n) is 6.05. The largest absolute Gasteiger partial charge is 0.454 e. The van der Waals surface area contributed by atoms with Crippen molar-refractivity contribution in [2.45, 2.75) is 11.9 Å². The van der Waals surface area contributed by atoms with E-state index in [9.17, 15) is 18.0 Å². The fourth-order valence-corrected chi connectivity index (χ4v) is 3.36. The second-order valence-electron chi connectivity index (χ2n) is 4.58. The molecule has 0 amide bonds.